The van der Waals surface area contributed by atoms with Crippen LogP contribution in [0.3, 0.4) is 0 Å². The van der Waals surface area contributed by atoms with Gasteiger partial charge < -0.3 is 10.1 Å². The molecule has 0 bridgehead atoms. The van der Waals surface area contributed by atoms with E-state index in [0.29, 0.717) is 11.5 Å². The average molecular weight is 275 g/mol. The van der Waals surface area contributed by atoms with Crippen molar-refractivity contribution >= 4 is 11.8 Å². The van der Waals surface area contributed by atoms with Crippen molar-refractivity contribution in [1.29, 1.82) is 0 Å². The van der Waals surface area contributed by atoms with Gasteiger partial charge in [0.15, 0.2) is 5.78 Å². The lowest BCUT2D eigenvalue weighted by Crippen LogP contribution is -2.31. The predicted molar refractivity (Wildman–Crippen MR) is 74.9 cm³/mol. The lowest BCUT2D eigenvalue weighted by atomic mass is 9.66. The molecule has 3 rings (SSSR count). The van der Waals surface area contributed by atoms with Crippen LogP contribution in [0.2, 0.25) is 0 Å². The summed E-state index contributed by atoms with van der Waals surface area (Å²) < 4.78 is 0. The molecule has 0 amide bonds. The van der Waals surface area contributed by atoms with E-state index in [2.05, 4.69) is 4.98 Å². The van der Waals surface area contributed by atoms with Crippen LogP contribution in [0.1, 0.15) is 65.8 Å². The second-order valence-electron chi connectivity index (χ2n) is 6.29. The van der Waals surface area contributed by atoms with Gasteiger partial charge >= 0.3 is 5.97 Å². The van der Waals surface area contributed by atoms with Crippen LogP contribution < -0.4 is 0 Å². The Bertz CT molecular complexity index is 520. The summed E-state index contributed by atoms with van der Waals surface area (Å²) >= 11 is 0. The zero-order chi connectivity index (χ0) is 14.1. The summed E-state index contributed by atoms with van der Waals surface area (Å²) in [4.78, 5) is 26.0. The Labute approximate surface area is 118 Å². The van der Waals surface area contributed by atoms with Crippen LogP contribution >= 0.6 is 0 Å². The van der Waals surface area contributed by atoms with Gasteiger partial charge in [0.1, 0.15) is 5.69 Å². The van der Waals surface area contributed by atoms with Crippen molar-refractivity contribution in [1.82, 2.24) is 4.98 Å². The third-order valence-corrected chi connectivity index (χ3v) is 5.11. The van der Waals surface area contributed by atoms with E-state index >= 15 is 0 Å². The first-order valence-corrected chi connectivity index (χ1v) is 7.61. The van der Waals surface area contributed by atoms with Gasteiger partial charge in [0, 0.05) is 17.7 Å². The highest BCUT2D eigenvalue weighted by Crippen LogP contribution is 2.43. The van der Waals surface area contributed by atoms with E-state index in [1.807, 2.05) is 0 Å². The van der Waals surface area contributed by atoms with Crippen LogP contribution in [0.25, 0.3) is 0 Å². The highest BCUT2D eigenvalue weighted by atomic mass is 16.4. The Morgan fingerprint density at radius 3 is 2.55 bits per heavy atom. The molecule has 3 atom stereocenters. The number of carboxylic acids is 1. The summed E-state index contributed by atoms with van der Waals surface area (Å²) in [6.07, 6.45) is 9.91. The largest absolute Gasteiger partial charge is 0.477 e. The zero-order valence-corrected chi connectivity index (χ0v) is 11.6. The Balaban J connectivity index is 1.69. The topological polar surface area (TPSA) is 70.2 Å². The fraction of sp³-hybridized carbons (Fsp3) is 0.625. The summed E-state index contributed by atoms with van der Waals surface area (Å²) in [6, 6.07) is 1.47. The first-order valence-electron chi connectivity index (χ1n) is 7.61. The molecule has 2 N–H and O–H groups in total. The molecule has 0 saturated heterocycles. The smallest absolute Gasteiger partial charge is 0.352 e. The molecule has 1 aromatic heterocycles. The van der Waals surface area contributed by atoms with Crippen molar-refractivity contribution in [3.05, 3.63) is 23.5 Å². The molecule has 1 heterocycles. The fourth-order valence-corrected chi connectivity index (χ4v) is 4.01. The molecule has 4 heteroatoms. The molecule has 2 fully saturated rings. The summed E-state index contributed by atoms with van der Waals surface area (Å²) in [6.45, 7) is 0. The zero-order valence-electron chi connectivity index (χ0n) is 11.6. The standard InChI is InChI=1S/C16H21NO3/c18-15(13-8-14(16(19)20)17-9-13)12-6-5-10-3-1-2-4-11(10)7-12/h8-12,17H,1-7H2,(H,19,20). The molecule has 2 saturated carbocycles. The molecule has 0 spiro atoms. The molecule has 0 aromatic carbocycles. The highest BCUT2D eigenvalue weighted by molar-refractivity contribution is 6.00. The van der Waals surface area contributed by atoms with Gasteiger partial charge in [-0.1, -0.05) is 25.7 Å². The molecule has 2 aliphatic carbocycles. The molecular formula is C16H21NO3. The van der Waals surface area contributed by atoms with Crippen molar-refractivity contribution in [3.63, 3.8) is 0 Å². The molecule has 1 aromatic rings. The SMILES string of the molecule is O=C(O)c1cc(C(=O)C2CCC3CCCCC3C2)c[nH]1. The van der Waals surface area contributed by atoms with Crippen LogP contribution in [0, 0.1) is 17.8 Å². The number of aromatic amines is 1. The third-order valence-electron chi connectivity index (χ3n) is 5.11. The number of hydrogen-bond acceptors (Lipinski definition) is 2. The molecule has 4 nitrogen and oxygen atoms in total. The van der Waals surface area contributed by atoms with Crippen LogP contribution in [-0.2, 0) is 0 Å². The molecule has 0 aliphatic heterocycles. The van der Waals surface area contributed by atoms with Crippen LogP contribution in [-0.4, -0.2) is 21.8 Å². The molecule has 0 radical (unpaired) electrons. The van der Waals surface area contributed by atoms with E-state index < -0.39 is 5.97 Å². The van der Waals surface area contributed by atoms with Crippen molar-refractivity contribution < 1.29 is 14.7 Å². The quantitative estimate of drug-likeness (QED) is 0.829. The lowest BCUT2D eigenvalue weighted by Gasteiger charge is -2.38. The maximum atomic E-state index is 12.5. The van der Waals surface area contributed by atoms with Gasteiger partial charge in [0.05, 0.1) is 0 Å². The number of H-pyrrole nitrogens is 1. The van der Waals surface area contributed by atoms with Crippen LogP contribution in [0.15, 0.2) is 12.3 Å². The second-order valence-corrected chi connectivity index (χ2v) is 6.29. The van der Waals surface area contributed by atoms with Gasteiger partial charge in [-0.3, -0.25) is 4.79 Å². The molecule has 3 unspecified atom stereocenters. The van der Waals surface area contributed by atoms with Gasteiger partial charge in [0.2, 0.25) is 0 Å². The number of rotatable bonds is 3. The minimum Gasteiger partial charge on any atom is -0.477 e. The van der Waals surface area contributed by atoms with Gasteiger partial charge in [0.25, 0.3) is 0 Å². The summed E-state index contributed by atoms with van der Waals surface area (Å²) in [5, 5.41) is 8.90. The van der Waals surface area contributed by atoms with E-state index in [4.69, 9.17) is 5.11 Å². The van der Waals surface area contributed by atoms with Crippen LogP contribution in [0.5, 0.6) is 0 Å². The van der Waals surface area contributed by atoms with Gasteiger partial charge in [-0.25, -0.2) is 4.79 Å². The number of Topliss-reactive ketones (excluding diaryl/α,β-unsaturated/α-hetero) is 1. The number of carbonyl (C=O) groups is 2. The van der Waals surface area contributed by atoms with E-state index in [-0.39, 0.29) is 17.4 Å². The first kappa shape index (κ1) is 13.4. The summed E-state index contributed by atoms with van der Waals surface area (Å²) in [5.41, 5.74) is 0.626. The first-order chi connectivity index (χ1) is 9.65. The molecule has 2 aliphatic rings. The normalized spacial score (nSPS) is 29.7. The van der Waals surface area contributed by atoms with Crippen molar-refractivity contribution in [3.8, 4) is 0 Å². The van der Waals surface area contributed by atoms with Gasteiger partial charge in [-0.15, -0.1) is 0 Å². The summed E-state index contributed by atoms with van der Waals surface area (Å²) in [5.74, 6) is 0.738. The Morgan fingerprint density at radius 1 is 1.10 bits per heavy atom. The minimum atomic E-state index is -1.01. The lowest BCUT2D eigenvalue weighted by molar-refractivity contribution is 0.0691. The van der Waals surface area contributed by atoms with E-state index in [1.165, 1.54) is 31.7 Å². The van der Waals surface area contributed by atoms with Gasteiger partial charge in [-0.2, -0.15) is 0 Å². The fourth-order valence-electron chi connectivity index (χ4n) is 4.01. The Hall–Kier alpha value is -1.58. The number of ketones is 1. The monoisotopic (exact) mass is 275 g/mol. The molecule has 20 heavy (non-hydrogen) atoms. The maximum Gasteiger partial charge on any atom is 0.352 e. The predicted octanol–water partition coefficient (Wildman–Crippen LogP) is 3.50. The number of carbonyl (C=O) groups excluding carboxylic acids is 1. The van der Waals surface area contributed by atoms with E-state index in [0.717, 1.165) is 25.2 Å². The number of aromatic carboxylic acids is 1. The molecular weight excluding hydrogens is 254 g/mol. The Kier molecular flexibility index (Phi) is 3.64. The third kappa shape index (κ3) is 2.51. The van der Waals surface area contributed by atoms with Crippen molar-refractivity contribution in [2.24, 2.45) is 17.8 Å². The average Bonchev–Trinajstić information content (AvgIpc) is 2.96. The summed E-state index contributed by atoms with van der Waals surface area (Å²) in [7, 11) is 0. The molecule has 108 valence electrons. The number of aromatic nitrogens is 1. The van der Waals surface area contributed by atoms with Gasteiger partial charge in [-0.05, 0) is 37.2 Å². The minimum absolute atomic E-state index is 0.0896. The number of carboxylic acid groups (broad SMARTS) is 1. The van der Waals surface area contributed by atoms with Crippen LogP contribution in [0.4, 0.5) is 0 Å². The van der Waals surface area contributed by atoms with Crippen molar-refractivity contribution in [2.45, 2.75) is 44.9 Å². The van der Waals surface area contributed by atoms with Crippen molar-refractivity contribution in [2.75, 3.05) is 0 Å². The Morgan fingerprint density at radius 2 is 1.85 bits per heavy atom. The highest BCUT2D eigenvalue weighted by Gasteiger charge is 2.35. The van der Waals surface area contributed by atoms with E-state index in [9.17, 15) is 9.59 Å². The van der Waals surface area contributed by atoms with E-state index in [1.54, 1.807) is 6.20 Å². The number of hydrogen-bond donors (Lipinski definition) is 2. The number of fused-ring (bicyclic) bond motifs is 1. The maximum absolute atomic E-state index is 12.5. The number of nitrogens with one attached hydrogen (secondary N) is 1. The second kappa shape index (κ2) is 5.43.